The number of hydrogen-bond acceptors (Lipinski definition) is 4. The van der Waals surface area contributed by atoms with Crippen LogP contribution in [0.2, 0.25) is 0 Å². The molecule has 0 aliphatic carbocycles. The average molecular weight is 348 g/mol. The summed E-state index contributed by atoms with van der Waals surface area (Å²) in [6.07, 6.45) is 5.63. The van der Waals surface area contributed by atoms with Gasteiger partial charge < -0.3 is 10.4 Å². The minimum Gasteiger partial charge on any atom is -0.478 e. The number of rotatable bonds is 4. The zero-order valence-electron chi connectivity index (χ0n) is 14.4. The molecule has 0 saturated carbocycles. The van der Waals surface area contributed by atoms with Crippen molar-refractivity contribution in [2.45, 2.75) is 25.7 Å². The highest BCUT2D eigenvalue weighted by molar-refractivity contribution is 5.88. The molecule has 0 spiro atoms. The molecule has 132 valence electrons. The SMILES string of the molecule is O=C(O)c1cccc(-n2nc(Cc3ccccn3)c3c2NCCCC3)c1. The van der Waals surface area contributed by atoms with Gasteiger partial charge in [-0.25, -0.2) is 9.48 Å². The maximum Gasteiger partial charge on any atom is 0.335 e. The van der Waals surface area contributed by atoms with Gasteiger partial charge in [0.15, 0.2) is 0 Å². The zero-order valence-corrected chi connectivity index (χ0v) is 14.4. The van der Waals surface area contributed by atoms with Gasteiger partial charge in [0, 0.05) is 30.4 Å². The van der Waals surface area contributed by atoms with E-state index < -0.39 is 5.97 Å². The third-order valence-corrected chi connectivity index (χ3v) is 4.63. The molecule has 3 heterocycles. The van der Waals surface area contributed by atoms with E-state index in [0.717, 1.165) is 48.7 Å². The topological polar surface area (TPSA) is 80.0 Å². The first-order valence-corrected chi connectivity index (χ1v) is 8.80. The lowest BCUT2D eigenvalue weighted by Gasteiger charge is -2.09. The number of nitrogens with zero attached hydrogens (tertiary/aromatic N) is 3. The fourth-order valence-corrected chi connectivity index (χ4v) is 3.35. The molecule has 1 aliphatic rings. The highest BCUT2D eigenvalue weighted by Gasteiger charge is 2.21. The molecule has 1 aromatic carbocycles. The second kappa shape index (κ2) is 7.00. The number of nitrogens with one attached hydrogen (secondary N) is 1. The molecular formula is C20H20N4O2. The number of anilines is 1. The molecule has 2 aromatic heterocycles. The van der Waals surface area contributed by atoms with Crippen LogP contribution in [0.25, 0.3) is 5.69 Å². The summed E-state index contributed by atoms with van der Waals surface area (Å²) < 4.78 is 1.84. The van der Waals surface area contributed by atoms with E-state index in [-0.39, 0.29) is 5.56 Å². The Bertz CT molecular complexity index is 934. The van der Waals surface area contributed by atoms with Crippen molar-refractivity contribution in [2.75, 3.05) is 11.9 Å². The molecule has 4 rings (SSSR count). The molecule has 6 nitrogen and oxygen atoms in total. The average Bonchev–Trinajstić information content (AvgIpc) is 2.83. The Morgan fingerprint density at radius 2 is 2.12 bits per heavy atom. The standard InChI is InChI=1S/C20H20N4O2/c25-20(26)14-6-5-8-16(12-14)24-19-17(9-2-4-11-22-19)18(23-24)13-15-7-1-3-10-21-15/h1,3,5-8,10,12,22H,2,4,9,11,13H2,(H,25,26). The summed E-state index contributed by atoms with van der Waals surface area (Å²) >= 11 is 0. The molecule has 0 atom stereocenters. The Morgan fingerprint density at radius 3 is 2.92 bits per heavy atom. The third kappa shape index (κ3) is 3.18. The number of benzene rings is 1. The van der Waals surface area contributed by atoms with Crippen LogP contribution >= 0.6 is 0 Å². The van der Waals surface area contributed by atoms with Gasteiger partial charge >= 0.3 is 5.97 Å². The Balaban J connectivity index is 1.80. The molecule has 0 bridgehead atoms. The molecule has 1 aliphatic heterocycles. The highest BCUT2D eigenvalue weighted by atomic mass is 16.4. The second-order valence-electron chi connectivity index (χ2n) is 6.42. The van der Waals surface area contributed by atoms with Crippen molar-refractivity contribution in [3.05, 3.63) is 71.2 Å². The molecule has 0 unspecified atom stereocenters. The van der Waals surface area contributed by atoms with E-state index in [1.807, 2.05) is 28.9 Å². The van der Waals surface area contributed by atoms with Crippen LogP contribution in [0.3, 0.4) is 0 Å². The van der Waals surface area contributed by atoms with Crippen LogP contribution in [0.5, 0.6) is 0 Å². The van der Waals surface area contributed by atoms with Crippen molar-refractivity contribution in [1.82, 2.24) is 14.8 Å². The smallest absolute Gasteiger partial charge is 0.335 e. The summed E-state index contributed by atoms with van der Waals surface area (Å²) in [6.45, 7) is 0.889. The maximum absolute atomic E-state index is 11.3. The Kier molecular flexibility index (Phi) is 4.39. The lowest BCUT2D eigenvalue weighted by atomic mass is 10.1. The van der Waals surface area contributed by atoms with E-state index in [1.165, 1.54) is 5.56 Å². The highest BCUT2D eigenvalue weighted by Crippen LogP contribution is 2.29. The van der Waals surface area contributed by atoms with Crippen LogP contribution < -0.4 is 5.32 Å². The molecule has 26 heavy (non-hydrogen) atoms. The van der Waals surface area contributed by atoms with Crippen LogP contribution in [0, 0.1) is 0 Å². The number of carbonyl (C=O) groups is 1. The Morgan fingerprint density at radius 1 is 1.19 bits per heavy atom. The third-order valence-electron chi connectivity index (χ3n) is 4.63. The second-order valence-corrected chi connectivity index (χ2v) is 6.42. The van der Waals surface area contributed by atoms with Gasteiger partial charge in [0.2, 0.25) is 0 Å². The van der Waals surface area contributed by atoms with Gasteiger partial charge in [-0.1, -0.05) is 12.1 Å². The molecule has 6 heteroatoms. The fourth-order valence-electron chi connectivity index (χ4n) is 3.35. The van der Waals surface area contributed by atoms with Crippen molar-refractivity contribution in [3.63, 3.8) is 0 Å². The van der Waals surface area contributed by atoms with Gasteiger partial charge in [-0.2, -0.15) is 5.10 Å². The first-order valence-electron chi connectivity index (χ1n) is 8.80. The number of carboxylic acids is 1. The monoisotopic (exact) mass is 348 g/mol. The predicted octanol–water partition coefficient (Wildman–Crippen LogP) is 3.30. The van der Waals surface area contributed by atoms with E-state index in [4.69, 9.17) is 5.10 Å². The Labute approximate surface area is 151 Å². The predicted molar refractivity (Wildman–Crippen MR) is 99.0 cm³/mol. The molecule has 0 amide bonds. The van der Waals surface area contributed by atoms with Crippen molar-refractivity contribution in [2.24, 2.45) is 0 Å². The van der Waals surface area contributed by atoms with E-state index >= 15 is 0 Å². The summed E-state index contributed by atoms with van der Waals surface area (Å²) in [4.78, 5) is 15.7. The van der Waals surface area contributed by atoms with Gasteiger partial charge in [-0.05, 0) is 49.6 Å². The summed E-state index contributed by atoms with van der Waals surface area (Å²) in [7, 11) is 0. The molecule has 0 saturated heterocycles. The van der Waals surface area contributed by atoms with Crippen LogP contribution in [0.1, 0.15) is 40.2 Å². The first kappa shape index (κ1) is 16.3. The molecule has 0 fully saturated rings. The van der Waals surface area contributed by atoms with Crippen molar-refractivity contribution in [3.8, 4) is 5.69 Å². The molecule has 0 radical (unpaired) electrons. The van der Waals surface area contributed by atoms with Crippen LogP contribution in [0.15, 0.2) is 48.7 Å². The number of pyridine rings is 1. The molecule has 2 N–H and O–H groups in total. The summed E-state index contributed by atoms with van der Waals surface area (Å²) in [5, 5.41) is 17.6. The number of hydrogen-bond donors (Lipinski definition) is 2. The molecular weight excluding hydrogens is 328 g/mol. The summed E-state index contributed by atoms with van der Waals surface area (Å²) in [5.41, 5.74) is 4.18. The number of carboxylic acid groups (broad SMARTS) is 1. The zero-order chi connectivity index (χ0) is 17.9. The van der Waals surface area contributed by atoms with E-state index in [2.05, 4.69) is 10.3 Å². The van der Waals surface area contributed by atoms with Crippen LogP contribution in [-0.2, 0) is 12.8 Å². The number of fused-ring (bicyclic) bond motifs is 1. The molecule has 3 aromatic rings. The van der Waals surface area contributed by atoms with E-state index in [9.17, 15) is 9.90 Å². The van der Waals surface area contributed by atoms with Crippen molar-refractivity contribution >= 4 is 11.8 Å². The Hall–Kier alpha value is -3.15. The quantitative estimate of drug-likeness (QED) is 0.756. The lowest BCUT2D eigenvalue weighted by molar-refractivity contribution is 0.0697. The van der Waals surface area contributed by atoms with E-state index in [1.54, 1.807) is 24.4 Å². The minimum atomic E-state index is -0.938. The minimum absolute atomic E-state index is 0.256. The van der Waals surface area contributed by atoms with Crippen molar-refractivity contribution in [1.29, 1.82) is 0 Å². The van der Waals surface area contributed by atoms with Gasteiger partial charge in [0.1, 0.15) is 5.82 Å². The van der Waals surface area contributed by atoms with Crippen molar-refractivity contribution < 1.29 is 9.90 Å². The van der Waals surface area contributed by atoms with Gasteiger partial charge in [-0.15, -0.1) is 0 Å². The van der Waals surface area contributed by atoms with E-state index in [0.29, 0.717) is 6.42 Å². The number of aromatic nitrogens is 3. The maximum atomic E-state index is 11.3. The summed E-state index contributed by atoms with van der Waals surface area (Å²) in [5.74, 6) is 0.0303. The van der Waals surface area contributed by atoms with Gasteiger partial charge in [0.05, 0.1) is 16.9 Å². The van der Waals surface area contributed by atoms with Gasteiger partial charge in [-0.3, -0.25) is 4.98 Å². The number of aromatic carboxylic acids is 1. The van der Waals surface area contributed by atoms with Crippen LogP contribution in [-0.4, -0.2) is 32.4 Å². The van der Waals surface area contributed by atoms with Gasteiger partial charge in [0.25, 0.3) is 0 Å². The normalized spacial score (nSPS) is 13.5. The summed E-state index contributed by atoms with van der Waals surface area (Å²) in [6, 6.07) is 12.8. The largest absolute Gasteiger partial charge is 0.478 e. The lowest BCUT2D eigenvalue weighted by Crippen LogP contribution is -2.08. The fraction of sp³-hybridized carbons (Fsp3) is 0.250. The first-order chi connectivity index (χ1) is 12.7. The van der Waals surface area contributed by atoms with Crippen LogP contribution in [0.4, 0.5) is 5.82 Å².